The fourth-order valence-electron chi connectivity index (χ4n) is 1.71. The van der Waals surface area contributed by atoms with Crippen molar-refractivity contribution in [3.8, 4) is 5.75 Å². The van der Waals surface area contributed by atoms with E-state index >= 15 is 0 Å². The Labute approximate surface area is 105 Å². The maximum atomic E-state index is 5.65. The van der Waals surface area contributed by atoms with Gasteiger partial charge in [-0.15, -0.1) is 0 Å². The number of ether oxygens (including phenoxy) is 1. The van der Waals surface area contributed by atoms with Crippen LogP contribution in [0.5, 0.6) is 5.75 Å². The molecule has 96 valence electrons. The minimum absolute atomic E-state index is 0.793. The van der Waals surface area contributed by atoms with Crippen molar-refractivity contribution in [2.75, 3.05) is 19.0 Å². The van der Waals surface area contributed by atoms with Crippen molar-refractivity contribution in [2.45, 2.75) is 45.4 Å². The van der Waals surface area contributed by atoms with Crippen LogP contribution in [0.25, 0.3) is 0 Å². The molecule has 0 aliphatic rings. The number of pyridine rings is 1. The Balaban J connectivity index is 2.09. The molecule has 0 bridgehead atoms. The quantitative estimate of drug-likeness (QED) is 0.661. The highest BCUT2D eigenvalue weighted by atomic mass is 16.5. The standard InChI is InChI=1S/C14H24N2O/c1-3-4-5-6-7-8-9-17-14-10-13(15-2)11-16-12-14/h10-12,15H,3-9H2,1-2H3. The molecule has 0 aliphatic heterocycles. The van der Waals surface area contributed by atoms with Crippen LogP contribution in [-0.2, 0) is 0 Å². The van der Waals surface area contributed by atoms with E-state index in [0.29, 0.717) is 0 Å². The number of nitrogens with one attached hydrogen (secondary N) is 1. The number of anilines is 1. The average Bonchev–Trinajstić information content (AvgIpc) is 2.38. The predicted octanol–water partition coefficient (Wildman–Crippen LogP) is 3.86. The normalized spacial score (nSPS) is 10.2. The molecule has 1 aromatic heterocycles. The average molecular weight is 236 g/mol. The van der Waals surface area contributed by atoms with Crippen LogP contribution in [-0.4, -0.2) is 18.6 Å². The molecule has 0 saturated heterocycles. The van der Waals surface area contributed by atoms with Gasteiger partial charge in [0, 0.05) is 13.1 Å². The van der Waals surface area contributed by atoms with Gasteiger partial charge < -0.3 is 10.1 Å². The molecular weight excluding hydrogens is 212 g/mol. The van der Waals surface area contributed by atoms with E-state index in [1.807, 2.05) is 13.1 Å². The highest BCUT2D eigenvalue weighted by molar-refractivity contribution is 5.44. The Morgan fingerprint density at radius 2 is 1.88 bits per heavy atom. The number of rotatable bonds is 9. The van der Waals surface area contributed by atoms with E-state index in [-0.39, 0.29) is 0 Å². The van der Waals surface area contributed by atoms with Gasteiger partial charge >= 0.3 is 0 Å². The fourth-order valence-corrected chi connectivity index (χ4v) is 1.71. The zero-order valence-electron chi connectivity index (χ0n) is 11.0. The summed E-state index contributed by atoms with van der Waals surface area (Å²) in [6, 6.07) is 1.98. The molecule has 1 rings (SSSR count). The lowest BCUT2D eigenvalue weighted by atomic mass is 10.1. The second kappa shape index (κ2) is 8.85. The molecule has 0 atom stereocenters. The zero-order chi connectivity index (χ0) is 12.3. The topological polar surface area (TPSA) is 34.1 Å². The van der Waals surface area contributed by atoms with Gasteiger partial charge in [0.25, 0.3) is 0 Å². The summed E-state index contributed by atoms with van der Waals surface area (Å²) in [5, 5.41) is 3.05. The first-order valence-corrected chi connectivity index (χ1v) is 6.62. The van der Waals surface area contributed by atoms with Gasteiger partial charge in [-0.2, -0.15) is 0 Å². The van der Waals surface area contributed by atoms with Crippen LogP contribution >= 0.6 is 0 Å². The number of hydrogen-bond donors (Lipinski definition) is 1. The van der Waals surface area contributed by atoms with Crippen molar-refractivity contribution in [1.29, 1.82) is 0 Å². The monoisotopic (exact) mass is 236 g/mol. The maximum Gasteiger partial charge on any atom is 0.139 e. The van der Waals surface area contributed by atoms with Crippen LogP contribution in [0.2, 0.25) is 0 Å². The van der Waals surface area contributed by atoms with Crippen molar-refractivity contribution in [1.82, 2.24) is 4.98 Å². The highest BCUT2D eigenvalue weighted by Gasteiger charge is 1.96. The van der Waals surface area contributed by atoms with E-state index in [2.05, 4.69) is 17.2 Å². The second-order valence-corrected chi connectivity index (χ2v) is 4.28. The zero-order valence-corrected chi connectivity index (χ0v) is 11.0. The second-order valence-electron chi connectivity index (χ2n) is 4.28. The Kier molecular flexibility index (Phi) is 7.19. The predicted molar refractivity (Wildman–Crippen MR) is 72.7 cm³/mol. The van der Waals surface area contributed by atoms with Gasteiger partial charge in [0.1, 0.15) is 5.75 Å². The molecule has 1 N–H and O–H groups in total. The third kappa shape index (κ3) is 6.15. The molecule has 0 spiro atoms. The Hall–Kier alpha value is -1.25. The van der Waals surface area contributed by atoms with Crippen molar-refractivity contribution in [3.05, 3.63) is 18.5 Å². The van der Waals surface area contributed by atoms with E-state index in [1.54, 1.807) is 12.4 Å². The minimum Gasteiger partial charge on any atom is -0.492 e. The summed E-state index contributed by atoms with van der Waals surface area (Å²) in [7, 11) is 1.88. The summed E-state index contributed by atoms with van der Waals surface area (Å²) in [6.07, 6.45) is 11.3. The van der Waals surface area contributed by atoms with Crippen LogP contribution in [0.3, 0.4) is 0 Å². The van der Waals surface area contributed by atoms with E-state index in [4.69, 9.17) is 4.74 Å². The smallest absolute Gasteiger partial charge is 0.139 e. The van der Waals surface area contributed by atoms with Crippen LogP contribution in [0.4, 0.5) is 5.69 Å². The van der Waals surface area contributed by atoms with Crippen molar-refractivity contribution >= 4 is 5.69 Å². The molecule has 1 aromatic rings. The lowest BCUT2D eigenvalue weighted by Crippen LogP contribution is -1.98. The molecule has 1 heterocycles. The molecular formula is C14H24N2O. The summed E-state index contributed by atoms with van der Waals surface area (Å²) < 4.78 is 5.65. The number of nitrogens with zero attached hydrogens (tertiary/aromatic N) is 1. The van der Waals surface area contributed by atoms with Crippen LogP contribution in [0.15, 0.2) is 18.5 Å². The Bertz CT molecular complexity index is 302. The molecule has 3 nitrogen and oxygen atoms in total. The fraction of sp³-hybridized carbons (Fsp3) is 0.643. The first-order valence-electron chi connectivity index (χ1n) is 6.62. The van der Waals surface area contributed by atoms with Crippen LogP contribution in [0, 0.1) is 0 Å². The van der Waals surface area contributed by atoms with Gasteiger partial charge in [-0.25, -0.2) is 0 Å². The molecule has 0 radical (unpaired) electrons. The lowest BCUT2D eigenvalue weighted by Gasteiger charge is -2.07. The Morgan fingerprint density at radius 1 is 1.12 bits per heavy atom. The van der Waals surface area contributed by atoms with Gasteiger partial charge in [0.2, 0.25) is 0 Å². The van der Waals surface area contributed by atoms with Crippen molar-refractivity contribution in [2.24, 2.45) is 0 Å². The van der Waals surface area contributed by atoms with Gasteiger partial charge in [-0.1, -0.05) is 39.0 Å². The summed E-state index contributed by atoms with van der Waals surface area (Å²) in [6.45, 7) is 3.03. The molecule has 0 aliphatic carbocycles. The molecule has 3 heteroatoms. The minimum atomic E-state index is 0.793. The summed E-state index contributed by atoms with van der Waals surface area (Å²) in [5.41, 5.74) is 0.991. The lowest BCUT2D eigenvalue weighted by molar-refractivity contribution is 0.303. The van der Waals surface area contributed by atoms with E-state index in [0.717, 1.165) is 24.5 Å². The number of aromatic nitrogens is 1. The summed E-state index contributed by atoms with van der Waals surface area (Å²) >= 11 is 0. The molecule has 0 amide bonds. The molecule has 17 heavy (non-hydrogen) atoms. The maximum absolute atomic E-state index is 5.65. The SMILES string of the molecule is CCCCCCCCOc1cncc(NC)c1. The van der Waals surface area contributed by atoms with Crippen LogP contribution in [0.1, 0.15) is 45.4 Å². The van der Waals surface area contributed by atoms with Gasteiger partial charge in [0.05, 0.1) is 24.7 Å². The van der Waals surface area contributed by atoms with Crippen molar-refractivity contribution in [3.63, 3.8) is 0 Å². The van der Waals surface area contributed by atoms with Gasteiger partial charge in [-0.05, 0) is 6.42 Å². The van der Waals surface area contributed by atoms with E-state index in [1.165, 1.54) is 32.1 Å². The molecule has 0 unspecified atom stereocenters. The Morgan fingerprint density at radius 3 is 2.65 bits per heavy atom. The number of unbranched alkanes of at least 4 members (excludes halogenated alkanes) is 5. The number of hydrogen-bond acceptors (Lipinski definition) is 3. The summed E-state index contributed by atoms with van der Waals surface area (Å²) in [4.78, 5) is 4.11. The molecule has 0 saturated carbocycles. The first kappa shape index (κ1) is 13.8. The third-order valence-electron chi connectivity index (χ3n) is 2.77. The highest BCUT2D eigenvalue weighted by Crippen LogP contribution is 2.15. The van der Waals surface area contributed by atoms with E-state index in [9.17, 15) is 0 Å². The molecule has 0 aromatic carbocycles. The van der Waals surface area contributed by atoms with Gasteiger partial charge in [0.15, 0.2) is 0 Å². The van der Waals surface area contributed by atoms with Crippen LogP contribution < -0.4 is 10.1 Å². The van der Waals surface area contributed by atoms with Gasteiger partial charge in [-0.3, -0.25) is 4.98 Å². The summed E-state index contributed by atoms with van der Waals surface area (Å²) in [5.74, 6) is 0.852. The first-order chi connectivity index (χ1) is 8.36. The third-order valence-corrected chi connectivity index (χ3v) is 2.77. The van der Waals surface area contributed by atoms with E-state index < -0.39 is 0 Å². The van der Waals surface area contributed by atoms with Crippen molar-refractivity contribution < 1.29 is 4.74 Å². The largest absolute Gasteiger partial charge is 0.492 e. The molecule has 0 fully saturated rings.